The zero-order chi connectivity index (χ0) is 20.2. The molecule has 1 amide bonds. The summed E-state index contributed by atoms with van der Waals surface area (Å²) >= 11 is 1.85. The molecule has 0 N–H and O–H groups in total. The van der Waals surface area contributed by atoms with Gasteiger partial charge in [0.25, 0.3) is 5.91 Å². The van der Waals surface area contributed by atoms with E-state index < -0.39 is 0 Å². The van der Waals surface area contributed by atoms with Gasteiger partial charge < -0.3 is 9.80 Å². The number of thiophene rings is 1. The first-order valence-electron chi connectivity index (χ1n) is 10.1. The first kappa shape index (κ1) is 19.8. The van der Waals surface area contributed by atoms with Gasteiger partial charge in [-0.2, -0.15) is 5.10 Å². The van der Waals surface area contributed by atoms with Crippen molar-refractivity contribution in [1.29, 1.82) is 0 Å². The van der Waals surface area contributed by atoms with Gasteiger partial charge in [0.2, 0.25) is 0 Å². The molecule has 3 aromatic rings. The molecule has 1 aliphatic rings. The molecule has 0 aliphatic carbocycles. The molecule has 152 valence electrons. The molecular weight excluding hydrogens is 382 g/mol. The van der Waals surface area contributed by atoms with E-state index in [-0.39, 0.29) is 5.91 Å². The standard InChI is InChI=1S/C22H27N5OS/c1-17-10-14-29-21(17)9-11-25(2)19-7-12-26(13-8-19)22(28)18-3-5-20(6-4-18)27-16-23-15-24-27/h3-6,10,14-16,19H,7-9,11-13H2,1-2H3. The van der Waals surface area contributed by atoms with Gasteiger partial charge in [-0.1, -0.05) is 0 Å². The predicted molar refractivity (Wildman–Crippen MR) is 116 cm³/mol. The molecule has 1 fully saturated rings. The van der Waals surface area contributed by atoms with Gasteiger partial charge in [-0.05, 0) is 74.5 Å². The monoisotopic (exact) mass is 409 g/mol. The number of carbonyl (C=O) groups excluding carboxylic acids is 1. The maximum atomic E-state index is 12.9. The van der Waals surface area contributed by atoms with Crippen LogP contribution >= 0.6 is 11.3 Å². The zero-order valence-corrected chi connectivity index (χ0v) is 17.8. The number of benzene rings is 1. The number of nitrogens with zero attached hydrogens (tertiary/aromatic N) is 5. The summed E-state index contributed by atoms with van der Waals surface area (Å²) in [7, 11) is 2.22. The van der Waals surface area contributed by atoms with Crippen LogP contribution < -0.4 is 0 Å². The molecule has 3 heterocycles. The maximum absolute atomic E-state index is 12.9. The Morgan fingerprint density at radius 2 is 1.97 bits per heavy atom. The van der Waals surface area contributed by atoms with Gasteiger partial charge in [-0.3, -0.25) is 4.79 Å². The molecule has 0 saturated carbocycles. The van der Waals surface area contributed by atoms with E-state index in [0.29, 0.717) is 6.04 Å². The van der Waals surface area contributed by atoms with Gasteiger partial charge in [0.15, 0.2) is 0 Å². The minimum Gasteiger partial charge on any atom is -0.339 e. The van der Waals surface area contributed by atoms with Gasteiger partial charge in [-0.25, -0.2) is 9.67 Å². The van der Waals surface area contributed by atoms with E-state index >= 15 is 0 Å². The molecule has 0 atom stereocenters. The fourth-order valence-electron chi connectivity index (χ4n) is 3.91. The quantitative estimate of drug-likeness (QED) is 0.626. The van der Waals surface area contributed by atoms with Crippen molar-refractivity contribution in [2.24, 2.45) is 0 Å². The van der Waals surface area contributed by atoms with Crippen LogP contribution in [0.1, 0.15) is 33.6 Å². The number of aromatic nitrogens is 3. The molecule has 0 radical (unpaired) electrons. The molecule has 0 bridgehead atoms. The predicted octanol–water partition coefficient (Wildman–Crippen LogP) is 3.42. The van der Waals surface area contributed by atoms with E-state index in [0.717, 1.165) is 50.1 Å². The lowest BCUT2D eigenvalue weighted by molar-refractivity contribution is 0.0647. The second kappa shape index (κ2) is 8.88. The van der Waals surface area contributed by atoms with Crippen LogP contribution in [0.2, 0.25) is 0 Å². The second-order valence-corrected chi connectivity index (χ2v) is 8.67. The number of carbonyl (C=O) groups is 1. The van der Waals surface area contributed by atoms with Crippen molar-refractivity contribution in [1.82, 2.24) is 24.6 Å². The topological polar surface area (TPSA) is 54.3 Å². The number of hydrogen-bond acceptors (Lipinski definition) is 5. The Bertz CT molecular complexity index is 927. The molecule has 4 rings (SSSR count). The molecule has 1 aliphatic heterocycles. The first-order valence-corrected chi connectivity index (χ1v) is 11.0. The zero-order valence-electron chi connectivity index (χ0n) is 17.0. The summed E-state index contributed by atoms with van der Waals surface area (Å²) in [6.45, 7) is 4.89. The minimum absolute atomic E-state index is 0.116. The van der Waals surface area contributed by atoms with Crippen molar-refractivity contribution in [2.75, 3.05) is 26.7 Å². The van der Waals surface area contributed by atoms with Crippen molar-refractivity contribution in [3.8, 4) is 5.69 Å². The first-order chi connectivity index (χ1) is 14.1. The highest BCUT2D eigenvalue weighted by atomic mass is 32.1. The summed E-state index contributed by atoms with van der Waals surface area (Å²) in [4.78, 5) is 22.8. The van der Waals surface area contributed by atoms with Crippen LogP contribution in [0, 0.1) is 6.92 Å². The summed E-state index contributed by atoms with van der Waals surface area (Å²) in [5, 5.41) is 6.29. The van der Waals surface area contributed by atoms with Crippen LogP contribution in [0.25, 0.3) is 5.69 Å². The number of amides is 1. The molecule has 0 spiro atoms. The number of likely N-dealkylation sites (N-methyl/N-ethyl adjacent to an activating group) is 1. The summed E-state index contributed by atoms with van der Waals surface area (Å²) in [6, 6.07) is 10.3. The Labute approximate surface area is 175 Å². The fraction of sp³-hybridized carbons (Fsp3) is 0.409. The number of rotatable bonds is 6. The van der Waals surface area contributed by atoms with E-state index in [9.17, 15) is 4.79 Å². The Kier molecular flexibility index (Phi) is 6.06. The minimum atomic E-state index is 0.116. The molecule has 7 heteroatoms. The summed E-state index contributed by atoms with van der Waals surface area (Å²) in [5.74, 6) is 0.116. The van der Waals surface area contributed by atoms with Gasteiger partial charge in [0.05, 0.1) is 5.69 Å². The Morgan fingerprint density at radius 3 is 2.59 bits per heavy atom. The van der Waals surface area contributed by atoms with E-state index in [4.69, 9.17) is 0 Å². The highest BCUT2D eigenvalue weighted by Crippen LogP contribution is 2.21. The van der Waals surface area contributed by atoms with Crippen molar-refractivity contribution >= 4 is 17.2 Å². The van der Waals surface area contributed by atoms with Crippen LogP contribution in [0.4, 0.5) is 0 Å². The van der Waals surface area contributed by atoms with Gasteiger partial charge in [0, 0.05) is 36.1 Å². The van der Waals surface area contributed by atoms with E-state index in [1.807, 2.05) is 40.5 Å². The van der Waals surface area contributed by atoms with Crippen LogP contribution in [-0.2, 0) is 6.42 Å². The maximum Gasteiger partial charge on any atom is 0.253 e. The molecule has 6 nitrogen and oxygen atoms in total. The third-order valence-electron chi connectivity index (χ3n) is 5.83. The smallest absolute Gasteiger partial charge is 0.253 e. The van der Waals surface area contributed by atoms with Crippen molar-refractivity contribution in [3.05, 3.63) is 64.4 Å². The van der Waals surface area contributed by atoms with Crippen LogP contribution in [0.5, 0.6) is 0 Å². The molecule has 2 aromatic heterocycles. The molecular formula is C22H27N5OS. The molecule has 1 saturated heterocycles. The lowest BCUT2D eigenvalue weighted by Crippen LogP contribution is -2.46. The summed E-state index contributed by atoms with van der Waals surface area (Å²) in [6.07, 6.45) is 6.32. The van der Waals surface area contributed by atoms with Gasteiger partial charge in [0.1, 0.15) is 12.7 Å². The lowest BCUT2D eigenvalue weighted by atomic mass is 10.0. The summed E-state index contributed by atoms with van der Waals surface area (Å²) < 4.78 is 1.69. The third-order valence-corrected chi connectivity index (χ3v) is 6.92. The van der Waals surface area contributed by atoms with Gasteiger partial charge >= 0.3 is 0 Å². The SMILES string of the molecule is Cc1ccsc1CCN(C)C1CCN(C(=O)c2ccc(-n3cncn3)cc2)CC1. The van der Waals surface area contributed by atoms with Gasteiger partial charge in [-0.15, -0.1) is 11.3 Å². The Hall–Kier alpha value is -2.51. The van der Waals surface area contributed by atoms with Crippen LogP contribution in [0.15, 0.2) is 48.4 Å². The van der Waals surface area contributed by atoms with E-state index in [1.165, 1.54) is 16.8 Å². The van der Waals surface area contributed by atoms with E-state index in [1.54, 1.807) is 11.0 Å². The Morgan fingerprint density at radius 1 is 1.21 bits per heavy atom. The molecule has 0 unspecified atom stereocenters. The molecule has 29 heavy (non-hydrogen) atoms. The number of piperidine rings is 1. The highest BCUT2D eigenvalue weighted by Gasteiger charge is 2.25. The van der Waals surface area contributed by atoms with Crippen molar-refractivity contribution in [2.45, 2.75) is 32.2 Å². The number of aryl methyl sites for hydroxylation is 1. The molecule has 1 aromatic carbocycles. The van der Waals surface area contributed by atoms with Crippen LogP contribution in [0.3, 0.4) is 0 Å². The second-order valence-electron chi connectivity index (χ2n) is 7.67. The van der Waals surface area contributed by atoms with E-state index in [2.05, 4.69) is 40.4 Å². The van der Waals surface area contributed by atoms with Crippen molar-refractivity contribution in [3.63, 3.8) is 0 Å². The normalized spacial score (nSPS) is 15.2. The fourth-order valence-corrected chi connectivity index (χ4v) is 4.81. The van der Waals surface area contributed by atoms with Crippen LogP contribution in [-0.4, -0.2) is 63.2 Å². The highest BCUT2D eigenvalue weighted by molar-refractivity contribution is 7.10. The average molecular weight is 410 g/mol. The Balaban J connectivity index is 1.28. The number of likely N-dealkylation sites (tertiary alicyclic amines) is 1. The number of hydrogen-bond donors (Lipinski definition) is 0. The average Bonchev–Trinajstić information content (AvgIpc) is 3.44. The largest absolute Gasteiger partial charge is 0.339 e. The van der Waals surface area contributed by atoms with Crippen molar-refractivity contribution < 1.29 is 4.79 Å². The third kappa shape index (κ3) is 4.57. The lowest BCUT2D eigenvalue weighted by Gasteiger charge is -2.37. The summed E-state index contributed by atoms with van der Waals surface area (Å²) in [5.41, 5.74) is 3.04.